The minimum atomic E-state index is 0.542. The third kappa shape index (κ3) is 1.17. The van der Waals surface area contributed by atoms with Gasteiger partial charge in [0.25, 0.3) is 0 Å². The molecule has 1 fully saturated rings. The first-order valence-electron chi connectivity index (χ1n) is 5.32. The van der Waals surface area contributed by atoms with Crippen LogP contribution in [0.25, 0.3) is 0 Å². The van der Waals surface area contributed by atoms with Crippen molar-refractivity contribution in [1.29, 1.82) is 0 Å². The van der Waals surface area contributed by atoms with Gasteiger partial charge in [-0.15, -0.1) is 11.8 Å². The van der Waals surface area contributed by atoms with Crippen LogP contribution in [0.3, 0.4) is 0 Å². The molecule has 0 unspecified atom stereocenters. The maximum Gasteiger partial charge on any atom is 0.0508 e. The molecule has 1 aliphatic carbocycles. The van der Waals surface area contributed by atoms with E-state index in [0.29, 0.717) is 4.75 Å². The smallest absolute Gasteiger partial charge is 0.0508 e. The van der Waals surface area contributed by atoms with Crippen molar-refractivity contribution < 1.29 is 0 Å². The maximum absolute atomic E-state index is 3.60. The average molecular weight is 205 g/mol. The Morgan fingerprint density at radius 2 is 2.21 bits per heavy atom. The van der Waals surface area contributed by atoms with Crippen molar-refractivity contribution in [1.82, 2.24) is 0 Å². The first-order valence-corrected chi connectivity index (χ1v) is 6.13. The number of thioether (sulfide) groups is 1. The van der Waals surface area contributed by atoms with Crippen molar-refractivity contribution in [2.45, 2.75) is 35.8 Å². The predicted octanol–water partition coefficient (Wildman–Crippen LogP) is 3.44. The van der Waals surface area contributed by atoms with Crippen LogP contribution in [0.4, 0.5) is 5.69 Å². The molecular formula is C12H15NS. The van der Waals surface area contributed by atoms with Crippen LogP contribution >= 0.6 is 11.8 Å². The van der Waals surface area contributed by atoms with Gasteiger partial charge in [-0.1, -0.05) is 18.6 Å². The lowest BCUT2D eigenvalue weighted by molar-refractivity contribution is 0.376. The van der Waals surface area contributed by atoms with Crippen molar-refractivity contribution >= 4 is 17.4 Å². The lowest BCUT2D eigenvalue weighted by atomic mass is 9.84. The zero-order chi connectivity index (χ0) is 9.60. The van der Waals surface area contributed by atoms with Crippen LogP contribution < -0.4 is 5.32 Å². The second-order valence-electron chi connectivity index (χ2n) is 4.44. The Morgan fingerprint density at radius 1 is 1.36 bits per heavy atom. The van der Waals surface area contributed by atoms with Crippen LogP contribution in [0, 0.1) is 6.92 Å². The summed E-state index contributed by atoms with van der Waals surface area (Å²) in [4.78, 5) is 1.45. The molecule has 74 valence electrons. The number of fused-ring (bicyclic) bond motifs is 1. The number of hydrogen-bond donors (Lipinski definition) is 1. The zero-order valence-electron chi connectivity index (χ0n) is 8.47. The number of anilines is 1. The van der Waals surface area contributed by atoms with E-state index in [1.54, 1.807) is 0 Å². The van der Waals surface area contributed by atoms with E-state index in [9.17, 15) is 0 Å². The predicted molar refractivity (Wildman–Crippen MR) is 62.1 cm³/mol. The Morgan fingerprint density at radius 3 is 2.93 bits per heavy atom. The van der Waals surface area contributed by atoms with Crippen LogP contribution in [0.15, 0.2) is 23.1 Å². The standard InChI is InChI=1S/C12H15NS/c1-9-4-2-5-10-11(9)13-8-12(14-10)6-3-7-12/h2,4-5,13H,3,6-8H2,1H3. The van der Waals surface area contributed by atoms with Gasteiger partial charge in [-0.05, 0) is 31.4 Å². The molecule has 0 amide bonds. The fourth-order valence-corrected chi connectivity index (χ4v) is 3.91. The van der Waals surface area contributed by atoms with Crippen LogP contribution in [-0.2, 0) is 0 Å². The third-order valence-corrected chi connectivity index (χ3v) is 4.96. The fraction of sp³-hybridized carbons (Fsp3) is 0.500. The Kier molecular flexibility index (Phi) is 1.81. The summed E-state index contributed by atoms with van der Waals surface area (Å²) < 4.78 is 0.542. The summed E-state index contributed by atoms with van der Waals surface area (Å²) in [5, 5.41) is 3.60. The van der Waals surface area contributed by atoms with E-state index >= 15 is 0 Å². The molecule has 0 bridgehead atoms. The van der Waals surface area contributed by atoms with Crippen LogP contribution in [-0.4, -0.2) is 11.3 Å². The van der Waals surface area contributed by atoms with E-state index in [0.717, 1.165) is 6.54 Å². The van der Waals surface area contributed by atoms with Gasteiger partial charge in [0.2, 0.25) is 0 Å². The summed E-state index contributed by atoms with van der Waals surface area (Å²) in [6.45, 7) is 3.35. The van der Waals surface area contributed by atoms with E-state index in [1.165, 1.54) is 35.4 Å². The molecule has 1 nitrogen and oxygen atoms in total. The van der Waals surface area contributed by atoms with Gasteiger partial charge in [0, 0.05) is 16.2 Å². The van der Waals surface area contributed by atoms with Crippen molar-refractivity contribution in [3.05, 3.63) is 23.8 Å². The van der Waals surface area contributed by atoms with E-state index in [1.807, 2.05) is 0 Å². The molecule has 3 rings (SSSR count). The molecule has 1 aliphatic heterocycles. The summed E-state index contributed by atoms with van der Waals surface area (Å²) in [7, 11) is 0. The quantitative estimate of drug-likeness (QED) is 0.696. The number of benzene rings is 1. The molecule has 1 spiro atoms. The molecule has 2 aliphatic rings. The monoisotopic (exact) mass is 205 g/mol. The van der Waals surface area contributed by atoms with E-state index in [-0.39, 0.29) is 0 Å². The van der Waals surface area contributed by atoms with Gasteiger partial charge in [-0.3, -0.25) is 0 Å². The first-order chi connectivity index (χ1) is 6.79. The Labute approximate surface area is 89.3 Å². The minimum Gasteiger partial charge on any atom is -0.383 e. The largest absolute Gasteiger partial charge is 0.383 e. The number of rotatable bonds is 0. The molecule has 2 heteroatoms. The number of hydrogen-bond acceptors (Lipinski definition) is 2. The molecule has 1 heterocycles. The topological polar surface area (TPSA) is 12.0 Å². The molecule has 1 aromatic carbocycles. The molecule has 1 N–H and O–H groups in total. The van der Waals surface area contributed by atoms with Gasteiger partial charge in [0.1, 0.15) is 0 Å². The van der Waals surface area contributed by atoms with Crippen LogP contribution in [0.5, 0.6) is 0 Å². The highest BCUT2D eigenvalue weighted by molar-refractivity contribution is 8.01. The normalized spacial score (nSPS) is 22.4. The minimum absolute atomic E-state index is 0.542. The molecular weight excluding hydrogens is 190 g/mol. The van der Waals surface area contributed by atoms with Crippen LogP contribution in [0.2, 0.25) is 0 Å². The van der Waals surface area contributed by atoms with Gasteiger partial charge >= 0.3 is 0 Å². The van der Waals surface area contributed by atoms with Crippen LogP contribution in [0.1, 0.15) is 24.8 Å². The number of nitrogens with one attached hydrogen (secondary N) is 1. The van der Waals surface area contributed by atoms with Gasteiger partial charge in [0.15, 0.2) is 0 Å². The molecule has 1 saturated carbocycles. The summed E-state index contributed by atoms with van der Waals surface area (Å²) >= 11 is 2.10. The van der Waals surface area contributed by atoms with Crippen molar-refractivity contribution in [2.24, 2.45) is 0 Å². The molecule has 14 heavy (non-hydrogen) atoms. The SMILES string of the molecule is Cc1cccc2c1NCC1(CCC1)S2. The summed E-state index contributed by atoms with van der Waals surface area (Å²) in [6.07, 6.45) is 4.19. The van der Waals surface area contributed by atoms with Crippen molar-refractivity contribution in [3.63, 3.8) is 0 Å². The summed E-state index contributed by atoms with van der Waals surface area (Å²) in [6, 6.07) is 6.60. The maximum atomic E-state index is 3.60. The zero-order valence-corrected chi connectivity index (χ0v) is 9.29. The fourth-order valence-electron chi connectivity index (χ4n) is 2.32. The van der Waals surface area contributed by atoms with Gasteiger partial charge in [-0.2, -0.15) is 0 Å². The molecule has 1 aromatic rings. The highest BCUT2D eigenvalue weighted by Gasteiger charge is 2.40. The Hall–Kier alpha value is -0.630. The Bertz CT molecular complexity index is 369. The lowest BCUT2D eigenvalue weighted by Crippen LogP contribution is -2.42. The summed E-state index contributed by atoms with van der Waals surface area (Å²) in [5.74, 6) is 0. The lowest BCUT2D eigenvalue weighted by Gasteiger charge is -2.45. The first kappa shape index (κ1) is 8.66. The van der Waals surface area contributed by atoms with E-state index in [2.05, 4.69) is 42.2 Å². The molecule has 0 radical (unpaired) electrons. The average Bonchev–Trinajstić information content (AvgIpc) is 2.15. The van der Waals surface area contributed by atoms with E-state index < -0.39 is 0 Å². The molecule has 0 saturated heterocycles. The Balaban J connectivity index is 1.98. The molecule has 0 aromatic heterocycles. The molecule has 0 atom stereocenters. The summed E-state index contributed by atoms with van der Waals surface area (Å²) in [5.41, 5.74) is 2.75. The number of aryl methyl sites for hydroxylation is 1. The van der Waals surface area contributed by atoms with E-state index in [4.69, 9.17) is 0 Å². The van der Waals surface area contributed by atoms with Crippen molar-refractivity contribution in [2.75, 3.05) is 11.9 Å². The van der Waals surface area contributed by atoms with Crippen molar-refractivity contribution in [3.8, 4) is 0 Å². The van der Waals surface area contributed by atoms with Gasteiger partial charge in [-0.25, -0.2) is 0 Å². The highest BCUT2D eigenvalue weighted by atomic mass is 32.2. The second-order valence-corrected chi connectivity index (χ2v) is 5.95. The number of para-hydroxylation sites is 1. The highest BCUT2D eigenvalue weighted by Crippen LogP contribution is 2.52. The van der Waals surface area contributed by atoms with Gasteiger partial charge in [0.05, 0.1) is 5.69 Å². The second kappa shape index (κ2) is 2.93. The van der Waals surface area contributed by atoms with Gasteiger partial charge < -0.3 is 5.32 Å². The third-order valence-electron chi connectivity index (χ3n) is 3.41.